The number of halogens is 1. The second kappa shape index (κ2) is 4.13. The summed E-state index contributed by atoms with van der Waals surface area (Å²) in [7, 11) is 0. The second-order valence-electron chi connectivity index (χ2n) is 5.04. The van der Waals surface area contributed by atoms with Crippen molar-refractivity contribution in [1.29, 1.82) is 0 Å². The molecule has 1 saturated carbocycles. The van der Waals surface area contributed by atoms with Crippen LogP contribution in [-0.2, 0) is 0 Å². The molecule has 0 aliphatic heterocycles. The molecule has 2 nitrogen and oxygen atoms in total. The van der Waals surface area contributed by atoms with Gasteiger partial charge in [-0.05, 0) is 53.7 Å². The number of rotatable bonds is 1. The first kappa shape index (κ1) is 11.3. The van der Waals surface area contributed by atoms with Gasteiger partial charge in [-0.1, -0.05) is 18.9 Å². The molecule has 3 heteroatoms. The molecule has 0 atom stereocenters. The summed E-state index contributed by atoms with van der Waals surface area (Å²) >= 11 is 3.60. The summed E-state index contributed by atoms with van der Waals surface area (Å²) in [5.41, 5.74) is 4.35. The van der Waals surface area contributed by atoms with Gasteiger partial charge in [0.15, 0.2) is 11.5 Å². The molecule has 1 fully saturated rings. The fraction of sp³-hybridized carbons (Fsp3) is 0.500. The number of aromatic nitrogens is 1. The predicted octanol–water partition coefficient (Wildman–Crippen LogP) is 4.86. The van der Waals surface area contributed by atoms with Gasteiger partial charge in [0.25, 0.3) is 0 Å². The van der Waals surface area contributed by atoms with Crippen molar-refractivity contribution in [3.63, 3.8) is 0 Å². The molecule has 1 aromatic carbocycles. The van der Waals surface area contributed by atoms with E-state index in [0.717, 1.165) is 21.5 Å². The number of benzene rings is 1. The van der Waals surface area contributed by atoms with Gasteiger partial charge in [0.2, 0.25) is 0 Å². The van der Waals surface area contributed by atoms with Crippen LogP contribution in [0.1, 0.15) is 48.6 Å². The van der Waals surface area contributed by atoms with Crippen LogP contribution in [0.25, 0.3) is 11.1 Å². The fourth-order valence-corrected chi connectivity index (χ4v) is 3.12. The standard InChI is InChI=1S/C14H16BrNO/c1-8-7-9(2)12-13(11(8)15)17-14(16-12)10-5-3-4-6-10/h7,10H,3-6H2,1-2H3. The minimum Gasteiger partial charge on any atom is -0.439 e. The zero-order chi connectivity index (χ0) is 12.0. The summed E-state index contributed by atoms with van der Waals surface area (Å²) in [6, 6.07) is 2.16. The Bertz CT molecular complexity index is 567. The lowest BCUT2D eigenvalue weighted by Gasteiger charge is -2.01. The van der Waals surface area contributed by atoms with Gasteiger partial charge in [-0.2, -0.15) is 0 Å². The Morgan fingerprint density at radius 3 is 2.65 bits per heavy atom. The minimum atomic E-state index is 0.536. The van der Waals surface area contributed by atoms with E-state index in [0.29, 0.717) is 5.92 Å². The van der Waals surface area contributed by atoms with E-state index >= 15 is 0 Å². The van der Waals surface area contributed by atoms with Crippen LogP contribution in [0.4, 0.5) is 0 Å². The van der Waals surface area contributed by atoms with E-state index in [1.54, 1.807) is 0 Å². The first-order chi connectivity index (χ1) is 8.16. The zero-order valence-corrected chi connectivity index (χ0v) is 11.8. The van der Waals surface area contributed by atoms with Gasteiger partial charge in [0, 0.05) is 5.92 Å². The van der Waals surface area contributed by atoms with Crippen molar-refractivity contribution in [3.8, 4) is 0 Å². The van der Waals surface area contributed by atoms with E-state index in [4.69, 9.17) is 9.40 Å². The van der Waals surface area contributed by atoms with Gasteiger partial charge >= 0.3 is 0 Å². The highest BCUT2D eigenvalue weighted by Crippen LogP contribution is 2.38. The second-order valence-corrected chi connectivity index (χ2v) is 5.83. The quantitative estimate of drug-likeness (QED) is 0.750. The molecule has 3 rings (SSSR count). The molecule has 90 valence electrons. The van der Waals surface area contributed by atoms with Gasteiger partial charge in [-0.15, -0.1) is 0 Å². The summed E-state index contributed by atoms with van der Waals surface area (Å²) in [4.78, 5) is 4.70. The maximum atomic E-state index is 5.99. The number of aryl methyl sites for hydroxylation is 2. The normalized spacial score (nSPS) is 17.1. The molecule has 0 N–H and O–H groups in total. The number of hydrogen-bond donors (Lipinski definition) is 0. The van der Waals surface area contributed by atoms with Crippen LogP contribution in [0.5, 0.6) is 0 Å². The third-order valence-electron chi connectivity index (χ3n) is 3.70. The minimum absolute atomic E-state index is 0.536. The van der Waals surface area contributed by atoms with E-state index in [9.17, 15) is 0 Å². The lowest BCUT2D eigenvalue weighted by Crippen LogP contribution is -1.91. The summed E-state index contributed by atoms with van der Waals surface area (Å²) in [6.07, 6.45) is 5.07. The van der Waals surface area contributed by atoms with Crippen molar-refractivity contribution >= 4 is 27.0 Å². The molecule has 1 aliphatic rings. The van der Waals surface area contributed by atoms with E-state index < -0.39 is 0 Å². The van der Waals surface area contributed by atoms with E-state index in [1.807, 2.05) is 0 Å². The molecule has 1 heterocycles. The topological polar surface area (TPSA) is 26.0 Å². The molecule has 17 heavy (non-hydrogen) atoms. The third kappa shape index (κ3) is 1.81. The highest BCUT2D eigenvalue weighted by molar-refractivity contribution is 9.10. The number of fused-ring (bicyclic) bond motifs is 1. The van der Waals surface area contributed by atoms with Gasteiger partial charge in [-0.3, -0.25) is 0 Å². The largest absolute Gasteiger partial charge is 0.439 e. The van der Waals surface area contributed by atoms with Crippen molar-refractivity contribution in [2.45, 2.75) is 45.4 Å². The first-order valence-corrected chi connectivity index (χ1v) is 7.02. The molecule has 0 radical (unpaired) electrons. The number of nitrogens with zero attached hydrogens (tertiary/aromatic N) is 1. The average molecular weight is 294 g/mol. The Labute approximate surface area is 110 Å². The van der Waals surface area contributed by atoms with Crippen LogP contribution < -0.4 is 0 Å². The molecule has 1 aliphatic carbocycles. The molecule has 1 aromatic heterocycles. The lowest BCUT2D eigenvalue weighted by molar-refractivity contribution is 0.473. The number of hydrogen-bond acceptors (Lipinski definition) is 2. The van der Waals surface area contributed by atoms with Crippen molar-refractivity contribution in [1.82, 2.24) is 4.98 Å². The van der Waals surface area contributed by atoms with Crippen LogP contribution in [0, 0.1) is 13.8 Å². The summed E-state index contributed by atoms with van der Waals surface area (Å²) in [5.74, 6) is 1.47. The van der Waals surface area contributed by atoms with Crippen molar-refractivity contribution in [2.24, 2.45) is 0 Å². The first-order valence-electron chi connectivity index (χ1n) is 6.23. The summed E-state index contributed by atoms with van der Waals surface area (Å²) in [5, 5.41) is 0. The Kier molecular flexibility index (Phi) is 2.74. The Balaban J connectivity index is 2.17. The Hall–Kier alpha value is -0.830. The molecule has 2 aromatic rings. The van der Waals surface area contributed by atoms with Crippen LogP contribution >= 0.6 is 15.9 Å². The molecular formula is C14H16BrNO. The molecule has 0 bridgehead atoms. The summed E-state index contributed by atoms with van der Waals surface area (Å²) in [6.45, 7) is 4.19. The van der Waals surface area contributed by atoms with Crippen LogP contribution in [0.2, 0.25) is 0 Å². The van der Waals surface area contributed by atoms with E-state index in [-0.39, 0.29) is 0 Å². The van der Waals surface area contributed by atoms with Crippen LogP contribution in [0.3, 0.4) is 0 Å². The molecular weight excluding hydrogens is 278 g/mol. The molecule has 0 amide bonds. The van der Waals surface area contributed by atoms with E-state index in [1.165, 1.54) is 36.8 Å². The van der Waals surface area contributed by atoms with E-state index in [2.05, 4.69) is 35.8 Å². The van der Waals surface area contributed by atoms with Crippen molar-refractivity contribution in [2.75, 3.05) is 0 Å². The van der Waals surface area contributed by atoms with Gasteiger partial charge in [-0.25, -0.2) is 4.98 Å². The van der Waals surface area contributed by atoms with Crippen molar-refractivity contribution in [3.05, 3.63) is 27.6 Å². The fourth-order valence-electron chi connectivity index (χ4n) is 2.74. The highest BCUT2D eigenvalue weighted by Gasteiger charge is 2.23. The van der Waals surface area contributed by atoms with Crippen LogP contribution in [0.15, 0.2) is 15.0 Å². The molecule has 0 saturated heterocycles. The zero-order valence-electron chi connectivity index (χ0n) is 10.2. The van der Waals surface area contributed by atoms with Crippen LogP contribution in [-0.4, -0.2) is 4.98 Å². The maximum Gasteiger partial charge on any atom is 0.198 e. The lowest BCUT2D eigenvalue weighted by atomic mass is 10.1. The van der Waals surface area contributed by atoms with Gasteiger partial charge in [0.1, 0.15) is 5.52 Å². The molecule has 0 unspecified atom stereocenters. The molecule has 0 spiro atoms. The average Bonchev–Trinajstić information content (AvgIpc) is 2.94. The smallest absolute Gasteiger partial charge is 0.198 e. The maximum absolute atomic E-state index is 5.99. The van der Waals surface area contributed by atoms with Gasteiger partial charge in [0.05, 0.1) is 4.47 Å². The Morgan fingerprint density at radius 2 is 1.94 bits per heavy atom. The van der Waals surface area contributed by atoms with Crippen molar-refractivity contribution < 1.29 is 4.42 Å². The SMILES string of the molecule is Cc1cc(C)c2nc(C3CCCC3)oc2c1Br. The van der Waals surface area contributed by atoms with Gasteiger partial charge < -0.3 is 4.42 Å². The Morgan fingerprint density at radius 1 is 1.24 bits per heavy atom. The highest BCUT2D eigenvalue weighted by atomic mass is 79.9. The summed E-state index contributed by atoms with van der Waals surface area (Å²) < 4.78 is 7.04. The predicted molar refractivity (Wildman–Crippen MR) is 72.4 cm³/mol. The third-order valence-corrected chi connectivity index (χ3v) is 4.69. The monoisotopic (exact) mass is 293 g/mol. The number of oxazole rings is 1.